The zero-order valence-corrected chi connectivity index (χ0v) is 17.3. The lowest BCUT2D eigenvalue weighted by molar-refractivity contribution is 0.0730. The molecule has 28 heavy (non-hydrogen) atoms. The van der Waals surface area contributed by atoms with Gasteiger partial charge < -0.3 is 10.1 Å². The predicted molar refractivity (Wildman–Crippen MR) is 108 cm³/mol. The highest BCUT2D eigenvalue weighted by Crippen LogP contribution is 2.21. The number of nitrogens with one attached hydrogen (secondary N) is 1. The predicted octanol–water partition coefficient (Wildman–Crippen LogP) is 2.56. The third kappa shape index (κ3) is 4.43. The normalized spacial score (nSPS) is 15.4. The summed E-state index contributed by atoms with van der Waals surface area (Å²) in [6, 6.07) is 10.8. The van der Waals surface area contributed by atoms with E-state index in [2.05, 4.69) is 11.4 Å². The first-order chi connectivity index (χ1) is 13.3. The van der Waals surface area contributed by atoms with Gasteiger partial charge in [-0.1, -0.05) is 29.8 Å². The second-order valence-corrected chi connectivity index (χ2v) is 9.04. The Kier molecular flexibility index (Phi) is 6.17. The average Bonchev–Trinajstić information content (AvgIpc) is 2.68. The summed E-state index contributed by atoms with van der Waals surface area (Å²) in [5.41, 5.74) is 4.43. The van der Waals surface area contributed by atoms with E-state index in [-0.39, 0.29) is 10.8 Å². The molecular formula is C21H26N2O4S. The van der Waals surface area contributed by atoms with Crippen molar-refractivity contribution in [2.45, 2.75) is 32.2 Å². The summed E-state index contributed by atoms with van der Waals surface area (Å²) in [6.45, 7) is 7.65. The van der Waals surface area contributed by atoms with E-state index in [1.807, 2.05) is 26.0 Å². The van der Waals surface area contributed by atoms with Gasteiger partial charge in [0, 0.05) is 25.2 Å². The maximum atomic E-state index is 12.9. The summed E-state index contributed by atoms with van der Waals surface area (Å²) in [7, 11) is -3.64. The van der Waals surface area contributed by atoms with Crippen molar-refractivity contribution < 1.29 is 17.9 Å². The minimum Gasteiger partial charge on any atom is -0.379 e. The Morgan fingerprint density at radius 2 is 1.75 bits per heavy atom. The smallest absolute Gasteiger partial charge is 0.251 e. The van der Waals surface area contributed by atoms with Crippen molar-refractivity contribution in [1.82, 2.24) is 9.62 Å². The molecule has 0 saturated carbocycles. The number of ether oxygens (including phenoxy) is 1. The number of carbonyl (C=O) groups excluding carboxylic acids is 1. The van der Waals surface area contributed by atoms with Crippen LogP contribution in [0.5, 0.6) is 0 Å². The molecule has 1 fully saturated rings. The van der Waals surface area contributed by atoms with Crippen molar-refractivity contribution in [3.8, 4) is 0 Å². The van der Waals surface area contributed by atoms with Crippen LogP contribution >= 0.6 is 0 Å². The highest BCUT2D eigenvalue weighted by Gasteiger charge is 2.27. The second kappa shape index (κ2) is 8.43. The fourth-order valence-electron chi connectivity index (χ4n) is 3.26. The molecule has 1 aliphatic heterocycles. The topological polar surface area (TPSA) is 75.7 Å². The monoisotopic (exact) mass is 402 g/mol. The van der Waals surface area contributed by atoms with Crippen LogP contribution in [0.1, 0.15) is 32.6 Å². The van der Waals surface area contributed by atoms with Gasteiger partial charge in [0.1, 0.15) is 0 Å². The molecule has 0 atom stereocenters. The van der Waals surface area contributed by atoms with Crippen LogP contribution in [0.25, 0.3) is 0 Å². The largest absolute Gasteiger partial charge is 0.379 e. The van der Waals surface area contributed by atoms with Gasteiger partial charge in [0.05, 0.1) is 18.1 Å². The quantitative estimate of drug-likeness (QED) is 0.834. The van der Waals surface area contributed by atoms with Gasteiger partial charge in [-0.15, -0.1) is 0 Å². The average molecular weight is 403 g/mol. The van der Waals surface area contributed by atoms with Gasteiger partial charge in [0.25, 0.3) is 5.91 Å². The van der Waals surface area contributed by atoms with Gasteiger partial charge in [-0.05, 0) is 49.6 Å². The Balaban J connectivity index is 1.79. The van der Waals surface area contributed by atoms with E-state index in [4.69, 9.17) is 4.74 Å². The lowest BCUT2D eigenvalue weighted by atomic mass is 10.1. The number of aryl methyl sites for hydroxylation is 3. The van der Waals surface area contributed by atoms with Crippen LogP contribution in [0.15, 0.2) is 41.3 Å². The van der Waals surface area contributed by atoms with Crippen LogP contribution in [0.4, 0.5) is 0 Å². The SMILES string of the molecule is Cc1ccc(CNC(=O)c2cc(S(=O)(=O)N3CCOCC3)ccc2C)c(C)c1. The third-order valence-electron chi connectivity index (χ3n) is 5.00. The maximum Gasteiger partial charge on any atom is 0.251 e. The fraction of sp³-hybridized carbons (Fsp3) is 0.381. The van der Waals surface area contributed by atoms with E-state index >= 15 is 0 Å². The molecule has 1 N–H and O–H groups in total. The van der Waals surface area contributed by atoms with Crippen LogP contribution in [0.3, 0.4) is 0 Å². The molecule has 1 amide bonds. The molecule has 6 nitrogen and oxygen atoms in total. The lowest BCUT2D eigenvalue weighted by Crippen LogP contribution is -2.40. The van der Waals surface area contributed by atoms with Crippen LogP contribution in [0, 0.1) is 20.8 Å². The van der Waals surface area contributed by atoms with E-state index in [0.29, 0.717) is 38.4 Å². The van der Waals surface area contributed by atoms with E-state index in [1.165, 1.54) is 15.9 Å². The van der Waals surface area contributed by atoms with Gasteiger partial charge in [-0.25, -0.2) is 8.42 Å². The van der Waals surface area contributed by atoms with E-state index in [9.17, 15) is 13.2 Å². The number of amides is 1. The number of morpholine rings is 1. The standard InChI is InChI=1S/C21H26N2O4S/c1-15-4-6-18(17(3)12-15)14-22-21(24)20-13-19(7-5-16(20)2)28(25,26)23-8-10-27-11-9-23/h4-7,12-13H,8-11,14H2,1-3H3,(H,22,24). The van der Waals surface area contributed by atoms with Crippen LogP contribution in [-0.4, -0.2) is 44.9 Å². The number of sulfonamides is 1. The fourth-order valence-corrected chi connectivity index (χ4v) is 4.69. The second-order valence-electron chi connectivity index (χ2n) is 7.11. The lowest BCUT2D eigenvalue weighted by Gasteiger charge is -2.26. The van der Waals surface area contributed by atoms with Crippen molar-refractivity contribution in [3.05, 3.63) is 64.2 Å². The van der Waals surface area contributed by atoms with E-state index < -0.39 is 10.0 Å². The number of nitrogens with zero attached hydrogens (tertiary/aromatic N) is 1. The van der Waals surface area contributed by atoms with Gasteiger partial charge in [0.15, 0.2) is 0 Å². The van der Waals surface area contributed by atoms with Gasteiger partial charge >= 0.3 is 0 Å². The number of hydrogen-bond acceptors (Lipinski definition) is 4. The molecular weight excluding hydrogens is 376 g/mol. The summed E-state index contributed by atoms with van der Waals surface area (Å²) in [6.07, 6.45) is 0. The van der Waals surface area contributed by atoms with Crippen molar-refractivity contribution in [1.29, 1.82) is 0 Å². The van der Waals surface area contributed by atoms with E-state index in [0.717, 1.165) is 16.7 Å². The van der Waals surface area contributed by atoms with Gasteiger partial charge in [-0.3, -0.25) is 4.79 Å². The molecule has 1 saturated heterocycles. The number of rotatable bonds is 5. The third-order valence-corrected chi connectivity index (χ3v) is 6.89. The summed E-state index contributed by atoms with van der Waals surface area (Å²) < 4.78 is 32.4. The summed E-state index contributed by atoms with van der Waals surface area (Å²) >= 11 is 0. The van der Waals surface area contributed by atoms with Crippen molar-refractivity contribution >= 4 is 15.9 Å². The molecule has 0 spiro atoms. The molecule has 1 heterocycles. The van der Waals surface area contributed by atoms with E-state index in [1.54, 1.807) is 19.1 Å². The molecule has 3 rings (SSSR count). The number of carbonyl (C=O) groups is 1. The molecule has 1 aliphatic rings. The molecule has 0 aromatic heterocycles. The molecule has 0 radical (unpaired) electrons. The molecule has 0 aliphatic carbocycles. The molecule has 0 unspecified atom stereocenters. The summed E-state index contributed by atoms with van der Waals surface area (Å²) in [4.78, 5) is 12.9. The first-order valence-corrected chi connectivity index (χ1v) is 10.8. The van der Waals surface area contributed by atoms with Crippen LogP contribution in [-0.2, 0) is 21.3 Å². The zero-order chi connectivity index (χ0) is 20.3. The van der Waals surface area contributed by atoms with Crippen molar-refractivity contribution in [2.24, 2.45) is 0 Å². The number of benzene rings is 2. The minimum atomic E-state index is -3.64. The Morgan fingerprint density at radius 3 is 2.43 bits per heavy atom. The number of hydrogen-bond donors (Lipinski definition) is 1. The minimum absolute atomic E-state index is 0.136. The molecule has 150 valence electrons. The molecule has 2 aromatic rings. The van der Waals surface area contributed by atoms with Crippen LogP contribution in [0.2, 0.25) is 0 Å². The van der Waals surface area contributed by atoms with Crippen molar-refractivity contribution in [2.75, 3.05) is 26.3 Å². The molecule has 7 heteroatoms. The first kappa shape index (κ1) is 20.5. The highest BCUT2D eigenvalue weighted by molar-refractivity contribution is 7.89. The summed E-state index contributed by atoms with van der Waals surface area (Å²) in [5, 5.41) is 2.91. The highest BCUT2D eigenvalue weighted by atomic mass is 32.2. The van der Waals surface area contributed by atoms with Gasteiger partial charge in [0.2, 0.25) is 10.0 Å². The van der Waals surface area contributed by atoms with Crippen molar-refractivity contribution in [3.63, 3.8) is 0 Å². The Morgan fingerprint density at radius 1 is 1.04 bits per heavy atom. The van der Waals surface area contributed by atoms with Gasteiger partial charge in [-0.2, -0.15) is 4.31 Å². The van der Waals surface area contributed by atoms with Crippen LogP contribution < -0.4 is 5.32 Å². The Hall–Kier alpha value is -2.22. The molecule has 2 aromatic carbocycles. The molecule has 0 bridgehead atoms. The Bertz CT molecular complexity index is 980. The maximum absolute atomic E-state index is 12.9. The Labute approximate surface area is 166 Å². The summed E-state index contributed by atoms with van der Waals surface area (Å²) in [5.74, 6) is -0.281. The first-order valence-electron chi connectivity index (χ1n) is 9.32. The zero-order valence-electron chi connectivity index (χ0n) is 16.5.